The molecule has 3 amide bonds. The van der Waals surface area contributed by atoms with Crippen LogP contribution in [0.5, 0.6) is 0 Å². The first-order valence-electron chi connectivity index (χ1n) is 7.86. The fourth-order valence-corrected chi connectivity index (χ4v) is 2.57. The van der Waals surface area contributed by atoms with Gasteiger partial charge >= 0.3 is 12.0 Å². The summed E-state index contributed by atoms with van der Waals surface area (Å²) < 4.78 is 6.98. The lowest BCUT2D eigenvalue weighted by atomic mass is 10.1. The van der Waals surface area contributed by atoms with E-state index >= 15 is 0 Å². The molecule has 0 aliphatic heterocycles. The van der Waals surface area contributed by atoms with Gasteiger partial charge in [-0.25, -0.2) is 9.59 Å². The number of ether oxygens (including phenoxy) is 1. The number of esters is 1. The number of carbonyl (C=O) groups excluding carboxylic acids is 3. The summed E-state index contributed by atoms with van der Waals surface area (Å²) in [6, 6.07) is 3.50. The standard InChI is InChI=1S/C17H20N4O4/c1-10-6-12(11(2)21(10)14-4-5-14)7-13(8-18)16(23)25-9-15(22)20-17(24)19-3/h6-7,14H,4-5,9H2,1-3H3,(H2,19,20,22,24)/b13-7+. The van der Waals surface area contributed by atoms with Gasteiger partial charge in [-0.1, -0.05) is 0 Å². The zero-order chi connectivity index (χ0) is 18.6. The third-order valence-electron chi connectivity index (χ3n) is 3.89. The summed E-state index contributed by atoms with van der Waals surface area (Å²) in [7, 11) is 1.35. The molecule has 0 radical (unpaired) electrons. The number of aryl methyl sites for hydroxylation is 1. The monoisotopic (exact) mass is 344 g/mol. The van der Waals surface area contributed by atoms with Crippen LogP contribution in [0.2, 0.25) is 0 Å². The van der Waals surface area contributed by atoms with E-state index in [9.17, 15) is 19.6 Å². The van der Waals surface area contributed by atoms with E-state index in [0.29, 0.717) is 6.04 Å². The van der Waals surface area contributed by atoms with Crippen LogP contribution in [0.25, 0.3) is 6.08 Å². The van der Waals surface area contributed by atoms with Gasteiger partial charge in [-0.2, -0.15) is 5.26 Å². The van der Waals surface area contributed by atoms with Gasteiger partial charge in [0.05, 0.1) is 0 Å². The molecule has 132 valence electrons. The molecule has 1 heterocycles. The van der Waals surface area contributed by atoms with E-state index in [0.717, 1.165) is 29.8 Å². The van der Waals surface area contributed by atoms with Gasteiger partial charge in [0.1, 0.15) is 11.6 Å². The lowest BCUT2D eigenvalue weighted by molar-refractivity contribution is -0.144. The maximum atomic E-state index is 12.0. The van der Waals surface area contributed by atoms with E-state index in [1.54, 1.807) is 6.07 Å². The summed E-state index contributed by atoms with van der Waals surface area (Å²) in [5.74, 6) is -1.69. The van der Waals surface area contributed by atoms with Crippen molar-refractivity contribution < 1.29 is 19.1 Å². The lowest BCUT2D eigenvalue weighted by Gasteiger charge is -2.07. The highest BCUT2D eigenvalue weighted by atomic mass is 16.5. The molecule has 1 saturated carbocycles. The molecule has 0 spiro atoms. The van der Waals surface area contributed by atoms with Crippen LogP contribution in [0.15, 0.2) is 11.6 Å². The molecular weight excluding hydrogens is 324 g/mol. The number of nitriles is 1. The highest BCUT2D eigenvalue weighted by molar-refractivity contribution is 6.00. The van der Waals surface area contributed by atoms with Crippen molar-refractivity contribution in [1.82, 2.24) is 15.2 Å². The molecule has 0 atom stereocenters. The first-order valence-corrected chi connectivity index (χ1v) is 7.86. The predicted molar refractivity (Wildman–Crippen MR) is 89.3 cm³/mol. The molecule has 2 rings (SSSR count). The molecule has 0 bridgehead atoms. The molecule has 0 saturated heterocycles. The molecule has 0 unspecified atom stereocenters. The van der Waals surface area contributed by atoms with Gasteiger partial charge < -0.3 is 14.6 Å². The van der Waals surface area contributed by atoms with Crippen molar-refractivity contribution in [2.45, 2.75) is 32.7 Å². The summed E-state index contributed by atoms with van der Waals surface area (Å²) in [5.41, 5.74) is 2.62. The topological polar surface area (TPSA) is 113 Å². The maximum absolute atomic E-state index is 12.0. The lowest BCUT2D eigenvalue weighted by Crippen LogP contribution is -2.39. The van der Waals surface area contributed by atoms with Crippen molar-refractivity contribution in [3.05, 3.63) is 28.6 Å². The van der Waals surface area contributed by atoms with Crippen molar-refractivity contribution in [3.8, 4) is 6.07 Å². The van der Waals surface area contributed by atoms with E-state index in [2.05, 4.69) is 9.88 Å². The second-order valence-electron chi connectivity index (χ2n) is 5.80. The largest absolute Gasteiger partial charge is 0.451 e. The van der Waals surface area contributed by atoms with Gasteiger partial charge in [0.25, 0.3) is 5.91 Å². The third kappa shape index (κ3) is 4.47. The molecule has 2 N–H and O–H groups in total. The van der Waals surface area contributed by atoms with Crippen LogP contribution in [0.3, 0.4) is 0 Å². The Morgan fingerprint density at radius 3 is 2.64 bits per heavy atom. The molecule has 1 aliphatic carbocycles. The van der Waals surface area contributed by atoms with E-state index < -0.39 is 24.5 Å². The van der Waals surface area contributed by atoms with Crippen molar-refractivity contribution in [2.24, 2.45) is 0 Å². The smallest absolute Gasteiger partial charge is 0.349 e. The van der Waals surface area contributed by atoms with Crippen molar-refractivity contribution in [2.75, 3.05) is 13.7 Å². The average molecular weight is 344 g/mol. The van der Waals surface area contributed by atoms with Crippen molar-refractivity contribution in [3.63, 3.8) is 0 Å². The Bertz CT molecular complexity index is 781. The fraction of sp³-hybridized carbons (Fsp3) is 0.412. The Kier molecular flexibility index (Phi) is 5.60. The quantitative estimate of drug-likeness (QED) is 0.475. The summed E-state index contributed by atoms with van der Waals surface area (Å²) in [6.07, 6.45) is 3.72. The number of carbonyl (C=O) groups is 3. The minimum atomic E-state index is -0.911. The van der Waals surface area contributed by atoms with Gasteiger partial charge in [0, 0.05) is 24.5 Å². The molecule has 1 fully saturated rings. The van der Waals surface area contributed by atoms with Gasteiger partial charge in [0.2, 0.25) is 0 Å². The highest BCUT2D eigenvalue weighted by Gasteiger charge is 2.27. The second-order valence-corrected chi connectivity index (χ2v) is 5.80. The molecule has 8 heteroatoms. The maximum Gasteiger partial charge on any atom is 0.349 e. The molecular formula is C17H20N4O4. The van der Waals surface area contributed by atoms with Gasteiger partial charge in [0.15, 0.2) is 6.61 Å². The van der Waals surface area contributed by atoms with Crippen LogP contribution >= 0.6 is 0 Å². The zero-order valence-corrected chi connectivity index (χ0v) is 14.4. The Morgan fingerprint density at radius 1 is 1.40 bits per heavy atom. The van der Waals surface area contributed by atoms with E-state index in [1.165, 1.54) is 13.1 Å². The number of amides is 3. The van der Waals surface area contributed by atoms with Crippen LogP contribution < -0.4 is 10.6 Å². The number of aromatic nitrogens is 1. The molecule has 1 aliphatic rings. The number of urea groups is 1. The minimum absolute atomic E-state index is 0.205. The highest BCUT2D eigenvalue weighted by Crippen LogP contribution is 2.38. The van der Waals surface area contributed by atoms with Crippen molar-refractivity contribution >= 4 is 24.0 Å². The number of nitrogens with one attached hydrogen (secondary N) is 2. The normalized spacial score (nSPS) is 13.8. The Morgan fingerprint density at radius 2 is 2.08 bits per heavy atom. The molecule has 25 heavy (non-hydrogen) atoms. The molecule has 1 aromatic heterocycles. The molecule has 0 aromatic carbocycles. The average Bonchev–Trinajstić information content (AvgIpc) is 3.36. The second kappa shape index (κ2) is 7.66. The van der Waals surface area contributed by atoms with Crippen LogP contribution in [0.1, 0.15) is 35.8 Å². The predicted octanol–water partition coefficient (Wildman–Crippen LogP) is 1.35. The number of imide groups is 1. The first kappa shape index (κ1) is 18.3. The summed E-state index contributed by atoms with van der Waals surface area (Å²) in [4.78, 5) is 34.4. The first-order chi connectivity index (χ1) is 11.9. The van der Waals surface area contributed by atoms with Gasteiger partial charge in [-0.15, -0.1) is 0 Å². The Labute approximate surface area is 145 Å². The van der Waals surface area contributed by atoms with Gasteiger partial charge in [-0.05, 0) is 44.4 Å². The minimum Gasteiger partial charge on any atom is -0.451 e. The summed E-state index contributed by atoms with van der Waals surface area (Å²) >= 11 is 0. The van der Waals surface area contributed by atoms with Gasteiger partial charge in [-0.3, -0.25) is 10.1 Å². The molecule has 1 aromatic rings. The number of rotatable bonds is 5. The Hall–Kier alpha value is -3.08. The number of nitrogens with zero attached hydrogens (tertiary/aromatic N) is 2. The Balaban J connectivity index is 2.06. The summed E-state index contributed by atoms with van der Waals surface area (Å²) in [5, 5.41) is 13.4. The fourth-order valence-electron chi connectivity index (χ4n) is 2.57. The third-order valence-corrected chi connectivity index (χ3v) is 3.89. The van der Waals surface area contributed by atoms with Crippen LogP contribution in [-0.4, -0.2) is 36.1 Å². The van der Waals surface area contributed by atoms with E-state index in [1.807, 2.05) is 25.2 Å². The van der Waals surface area contributed by atoms with E-state index in [-0.39, 0.29) is 5.57 Å². The SMILES string of the molecule is CNC(=O)NC(=O)COC(=O)/C(C#N)=C/c1cc(C)n(C2CC2)c1C. The number of hydrogen-bond donors (Lipinski definition) is 2. The van der Waals surface area contributed by atoms with Crippen LogP contribution in [0, 0.1) is 25.2 Å². The summed E-state index contributed by atoms with van der Waals surface area (Å²) in [6.45, 7) is 3.27. The van der Waals surface area contributed by atoms with Crippen LogP contribution in [-0.2, 0) is 14.3 Å². The molecule has 8 nitrogen and oxygen atoms in total. The van der Waals surface area contributed by atoms with Crippen molar-refractivity contribution in [1.29, 1.82) is 5.26 Å². The van der Waals surface area contributed by atoms with E-state index in [4.69, 9.17) is 4.74 Å². The number of hydrogen-bond acceptors (Lipinski definition) is 5. The van der Waals surface area contributed by atoms with Crippen LogP contribution in [0.4, 0.5) is 4.79 Å². The zero-order valence-electron chi connectivity index (χ0n) is 14.4.